The van der Waals surface area contributed by atoms with Crippen LogP contribution in [0, 0.1) is 5.82 Å². The zero-order valence-corrected chi connectivity index (χ0v) is 16.7. The number of aliphatic hydroxyl groups is 1. The third-order valence-electron chi connectivity index (χ3n) is 5.40. The highest BCUT2D eigenvalue weighted by molar-refractivity contribution is 6.30. The molecule has 150 valence electrons. The van der Waals surface area contributed by atoms with Crippen molar-refractivity contribution in [2.24, 2.45) is 0 Å². The smallest absolute Gasteiger partial charge is 0.251 e. The molecule has 3 rings (SSSR count). The minimum atomic E-state index is -0.396. The standard InChI is InChI=1S/C22H26ClFN2O2/c1-14(17-7-9-21(24)20(23)13-17)26-19-8-6-18(12-19)15-2-4-16(5-3-15)22(28)25-10-11-27/h2-5,7,9,13-14,18-19,26-27H,6,8,10-12H2,1H3,(H,25,28)/t14-,18?,19+/m1/s1. The molecule has 2 aromatic rings. The summed E-state index contributed by atoms with van der Waals surface area (Å²) < 4.78 is 13.4. The molecule has 1 saturated carbocycles. The molecule has 0 aromatic heterocycles. The number of amides is 1. The SMILES string of the molecule is C[C@@H](N[C@H]1CCC(c2ccc(C(=O)NCCO)cc2)C1)c1ccc(F)c(Cl)c1. The van der Waals surface area contributed by atoms with E-state index >= 15 is 0 Å². The van der Waals surface area contributed by atoms with E-state index < -0.39 is 5.82 Å². The third-order valence-corrected chi connectivity index (χ3v) is 5.69. The Bertz CT molecular complexity index is 813. The topological polar surface area (TPSA) is 61.4 Å². The van der Waals surface area contributed by atoms with Crippen molar-refractivity contribution in [3.05, 3.63) is 70.0 Å². The first-order valence-corrected chi connectivity index (χ1v) is 10.1. The summed E-state index contributed by atoms with van der Waals surface area (Å²) in [5.41, 5.74) is 2.82. The lowest BCUT2D eigenvalue weighted by Crippen LogP contribution is -2.29. The number of rotatable bonds is 7. The van der Waals surface area contributed by atoms with Gasteiger partial charge in [-0.25, -0.2) is 4.39 Å². The Hall–Kier alpha value is -1.95. The van der Waals surface area contributed by atoms with Gasteiger partial charge in [0.1, 0.15) is 5.82 Å². The maximum absolute atomic E-state index is 13.4. The van der Waals surface area contributed by atoms with Crippen LogP contribution < -0.4 is 10.6 Å². The molecule has 0 radical (unpaired) electrons. The van der Waals surface area contributed by atoms with Gasteiger partial charge in [-0.15, -0.1) is 0 Å². The lowest BCUT2D eigenvalue weighted by molar-refractivity contribution is 0.0944. The van der Waals surface area contributed by atoms with Gasteiger partial charge in [0.05, 0.1) is 11.6 Å². The van der Waals surface area contributed by atoms with Gasteiger partial charge in [-0.05, 0) is 67.5 Å². The molecular formula is C22H26ClFN2O2. The van der Waals surface area contributed by atoms with Crippen molar-refractivity contribution >= 4 is 17.5 Å². The maximum Gasteiger partial charge on any atom is 0.251 e. The molecule has 0 bridgehead atoms. The first-order chi connectivity index (χ1) is 13.5. The highest BCUT2D eigenvalue weighted by Crippen LogP contribution is 2.35. The second kappa shape index (κ2) is 9.50. The second-order valence-corrected chi connectivity index (χ2v) is 7.78. The number of carbonyl (C=O) groups is 1. The minimum Gasteiger partial charge on any atom is -0.395 e. The van der Waals surface area contributed by atoms with Gasteiger partial charge in [0.2, 0.25) is 0 Å². The van der Waals surface area contributed by atoms with E-state index in [9.17, 15) is 9.18 Å². The summed E-state index contributed by atoms with van der Waals surface area (Å²) in [5.74, 6) is -0.110. The van der Waals surface area contributed by atoms with E-state index in [4.69, 9.17) is 16.7 Å². The van der Waals surface area contributed by atoms with Crippen molar-refractivity contribution in [1.29, 1.82) is 0 Å². The highest BCUT2D eigenvalue weighted by atomic mass is 35.5. The van der Waals surface area contributed by atoms with E-state index in [2.05, 4.69) is 17.6 Å². The molecule has 0 spiro atoms. The van der Waals surface area contributed by atoms with Crippen LogP contribution in [0.3, 0.4) is 0 Å². The number of carbonyl (C=O) groups excluding carboxylic acids is 1. The molecule has 1 amide bonds. The van der Waals surface area contributed by atoms with E-state index in [-0.39, 0.29) is 30.1 Å². The Morgan fingerprint density at radius 1 is 1.25 bits per heavy atom. The van der Waals surface area contributed by atoms with Crippen LogP contribution in [0.2, 0.25) is 5.02 Å². The van der Waals surface area contributed by atoms with Crippen LogP contribution >= 0.6 is 11.6 Å². The van der Waals surface area contributed by atoms with Gasteiger partial charge in [-0.3, -0.25) is 4.79 Å². The van der Waals surface area contributed by atoms with Gasteiger partial charge >= 0.3 is 0 Å². The molecule has 1 aliphatic carbocycles. The number of benzene rings is 2. The van der Waals surface area contributed by atoms with Crippen LogP contribution in [0.1, 0.15) is 59.6 Å². The predicted octanol–water partition coefficient (Wildman–Crippen LogP) is 4.19. The fourth-order valence-electron chi connectivity index (χ4n) is 3.85. The molecule has 1 aliphatic rings. The molecular weight excluding hydrogens is 379 g/mol. The lowest BCUT2D eigenvalue weighted by Gasteiger charge is -2.20. The highest BCUT2D eigenvalue weighted by Gasteiger charge is 2.27. The number of hydrogen-bond donors (Lipinski definition) is 3. The Labute approximate surface area is 170 Å². The van der Waals surface area contributed by atoms with Crippen LogP contribution in [0.5, 0.6) is 0 Å². The molecule has 0 aliphatic heterocycles. The van der Waals surface area contributed by atoms with Crippen molar-refractivity contribution in [1.82, 2.24) is 10.6 Å². The molecule has 1 fully saturated rings. The van der Waals surface area contributed by atoms with Crippen molar-refractivity contribution in [2.45, 2.75) is 44.2 Å². The molecule has 1 unspecified atom stereocenters. The summed E-state index contributed by atoms with van der Waals surface area (Å²) in [5, 5.41) is 15.2. The van der Waals surface area contributed by atoms with Gasteiger partial charge in [-0.2, -0.15) is 0 Å². The van der Waals surface area contributed by atoms with Crippen LogP contribution in [-0.4, -0.2) is 30.2 Å². The molecule has 3 atom stereocenters. The number of halogens is 2. The fraction of sp³-hybridized carbons (Fsp3) is 0.409. The van der Waals surface area contributed by atoms with E-state index in [0.29, 0.717) is 17.5 Å². The van der Waals surface area contributed by atoms with E-state index in [1.54, 1.807) is 12.1 Å². The van der Waals surface area contributed by atoms with Gasteiger partial charge in [0, 0.05) is 24.2 Å². The Kier molecular flexibility index (Phi) is 7.05. The average Bonchev–Trinajstić information content (AvgIpc) is 3.16. The summed E-state index contributed by atoms with van der Waals surface area (Å²) in [6, 6.07) is 13.1. The number of aliphatic hydroxyl groups excluding tert-OH is 1. The van der Waals surface area contributed by atoms with Gasteiger partial charge in [0.15, 0.2) is 0 Å². The zero-order valence-electron chi connectivity index (χ0n) is 15.9. The number of nitrogens with one attached hydrogen (secondary N) is 2. The summed E-state index contributed by atoms with van der Waals surface area (Å²) in [7, 11) is 0. The van der Waals surface area contributed by atoms with Gasteiger partial charge in [-0.1, -0.05) is 29.8 Å². The quantitative estimate of drug-likeness (QED) is 0.648. The first kappa shape index (κ1) is 20.8. The van der Waals surface area contributed by atoms with Crippen molar-refractivity contribution in [3.8, 4) is 0 Å². The van der Waals surface area contributed by atoms with Crippen LogP contribution in [0.15, 0.2) is 42.5 Å². The lowest BCUT2D eigenvalue weighted by atomic mass is 9.96. The molecule has 6 heteroatoms. The maximum atomic E-state index is 13.4. The van der Waals surface area contributed by atoms with E-state index in [0.717, 1.165) is 24.8 Å². The van der Waals surface area contributed by atoms with Crippen molar-refractivity contribution in [3.63, 3.8) is 0 Å². The Morgan fingerprint density at radius 3 is 2.68 bits per heavy atom. The Balaban J connectivity index is 1.56. The van der Waals surface area contributed by atoms with Gasteiger partial charge in [0.25, 0.3) is 5.91 Å². The molecule has 28 heavy (non-hydrogen) atoms. The first-order valence-electron chi connectivity index (χ1n) is 9.68. The monoisotopic (exact) mass is 404 g/mol. The van der Waals surface area contributed by atoms with Crippen molar-refractivity contribution in [2.75, 3.05) is 13.2 Å². The third kappa shape index (κ3) is 5.10. The molecule has 0 saturated heterocycles. The summed E-state index contributed by atoms with van der Waals surface area (Å²) in [4.78, 5) is 11.9. The minimum absolute atomic E-state index is 0.0666. The number of hydrogen-bond acceptors (Lipinski definition) is 3. The van der Waals surface area contributed by atoms with E-state index in [1.165, 1.54) is 11.6 Å². The fourth-order valence-corrected chi connectivity index (χ4v) is 4.03. The molecule has 4 nitrogen and oxygen atoms in total. The normalized spacial score (nSPS) is 20.1. The van der Waals surface area contributed by atoms with Crippen LogP contribution in [0.25, 0.3) is 0 Å². The van der Waals surface area contributed by atoms with Gasteiger partial charge < -0.3 is 15.7 Å². The second-order valence-electron chi connectivity index (χ2n) is 7.37. The van der Waals surface area contributed by atoms with Crippen LogP contribution in [-0.2, 0) is 0 Å². The molecule has 3 N–H and O–H groups in total. The zero-order chi connectivity index (χ0) is 20.1. The Morgan fingerprint density at radius 2 is 2.00 bits per heavy atom. The predicted molar refractivity (Wildman–Crippen MR) is 109 cm³/mol. The summed E-state index contributed by atoms with van der Waals surface area (Å²) >= 11 is 5.90. The average molecular weight is 405 g/mol. The van der Waals surface area contributed by atoms with Crippen molar-refractivity contribution < 1.29 is 14.3 Å². The van der Waals surface area contributed by atoms with E-state index in [1.807, 2.05) is 24.3 Å². The summed E-state index contributed by atoms with van der Waals surface area (Å²) in [6.07, 6.45) is 3.18. The van der Waals surface area contributed by atoms with Crippen LogP contribution in [0.4, 0.5) is 4.39 Å². The largest absolute Gasteiger partial charge is 0.395 e. The molecule has 2 aromatic carbocycles. The molecule has 0 heterocycles. The summed E-state index contributed by atoms with van der Waals surface area (Å²) in [6.45, 7) is 2.26.